The van der Waals surface area contributed by atoms with E-state index in [4.69, 9.17) is 0 Å². The van der Waals surface area contributed by atoms with Gasteiger partial charge in [0.2, 0.25) is 0 Å². The average molecular weight is 288 g/mol. The Morgan fingerprint density at radius 1 is 1.35 bits per heavy atom. The van der Waals surface area contributed by atoms with Crippen molar-refractivity contribution in [2.45, 2.75) is 18.7 Å². The molecule has 0 aliphatic rings. The highest BCUT2D eigenvalue weighted by Gasteiger charge is 2.34. The Bertz CT molecular complexity index is 607. The highest BCUT2D eigenvalue weighted by molar-refractivity contribution is 5.29. The largest absolute Gasteiger partial charge is 0.419 e. The molecule has 1 aromatic heterocycles. The number of benzene rings is 1. The number of aliphatic hydroxyl groups is 1. The molecule has 0 bridgehead atoms. The molecule has 1 unspecified atom stereocenters. The first-order valence-electron chi connectivity index (χ1n) is 5.80. The Hall–Kier alpha value is -1.89. The van der Waals surface area contributed by atoms with E-state index in [0.717, 1.165) is 6.07 Å². The molecule has 1 N–H and O–H groups in total. The molecule has 0 fully saturated rings. The topological polar surface area (TPSA) is 38.0 Å². The number of hydrogen-bond acceptors (Lipinski definition) is 2. The lowest BCUT2D eigenvalue weighted by Crippen LogP contribution is -2.11. The van der Waals surface area contributed by atoms with Crippen LogP contribution in [0.4, 0.5) is 17.6 Å². The second-order valence-electron chi connectivity index (χ2n) is 4.41. The van der Waals surface area contributed by atoms with E-state index >= 15 is 0 Å². The molecule has 1 aromatic carbocycles. The zero-order valence-corrected chi connectivity index (χ0v) is 10.5. The molecule has 3 nitrogen and oxygen atoms in total. The van der Waals surface area contributed by atoms with Crippen LogP contribution >= 0.6 is 0 Å². The van der Waals surface area contributed by atoms with Crippen LogP contribution in [-0.4, -0.2) is 14.7 Å². The standard InChI is InChI=1S/C13H12F4N2O/c1-19-5-4-18-12(19)7-11(20)8-2-3-10(14)9(6-8)13(15,16)17/h2-6,11,20H,7H2,1H3. The van der Waals surface area contributed by atoms with Crippen molar-refractivity contribution in [1.29, 1.82) is 0 Å². The van der Waals surface area contributed by atoms with Crippen LogP contribution < -0.4 is 0 Å². The summed E-state index contributed by atoms with van der Waals surface area (Å²) in [4.78, 5) is 3.98. The maximum atomic E-state index is 13.2. The summed E-state index contributed by atoms with van der Waals surface area (Å²) in [6.45, 7) is 0. The van der Waals surface area contributed by atoms with Gasteiger partial charge in [-0.2, -0.15) is 13.2 Å². The van der Waals surface area contributed by atoms with E-state index in [1.54, 1.807) is 17.8 Å². The fourth-order valence-corrected chi connectivity index (χ4v) is 1.85. The van der Waals surface area contributed by atoms with Gasteiger partial charge in [-0.25, -0.2) is 9.37 Å². The number of alkyl halides is 3. The lowest BCUT2D eigenvalue weighted by molar-refractivity contribution is -0.140. The SMILES string of the molecule is Cn1ccnc1CC(O)c1ccc(F)c(C(F)(F)F)c1. The van der Waals surface area contributed by atoms with Crippen LogP contribution in [0.15, 0.2) is 30.6 Å². The van der Waals surface area contributed by atoms with Crippen LogP contribution in [0.1, 0.15) is 23.1 Å². The molecule has 1 heterocycles. The van der Waals surface area contributed by atoms with Gasteiger partial charge in [0, 0.05) is 25.9 Å². The van der Waals surface area contributed by atoms with Crippen molar-refractivity contribution in [3.63, 3.8) is 0 Å². The van der Waals surface area contributed by atoms with Crippen LogP contribution in [0, 0.1) is 5.82 Å². The number of aromatic nitrogens is 2. The summed E-state index contributed by atoms with van der Waals surface area (Å²) < 4.78 is 52.6. The molecule has 0 aliphatic heterocycles. The number of aryl methyl sites for hydroxylation is 1. The fraction of sp³-hybridized carbons (Fsp3) is 0.308. The number of rotatable bonds is 3. The van der Waals surface area contributed by atoms with Gasteiger partial charge >= 0.3 is 6.18 Å². The summed E-state index contributed by atoms with van der Waals surface area (Å²) in [5.74, 6) is -0.833. The quantitative estimate of drug-likeness (QED) is 0.882. The number of aliphatic hydroxyl groups excluding tert-OH is 1. The minimum absolute atomic E-state index is 0.00160. The van der Waals surface area contributed by atoms with E-state index < -0.39 is 23.7 Å². The summed E-state index contributed by atoms with van der Waals surface area (Å²) in [5.41, 5.74) is -1.38. The van der Waals surface area contributed by atoms with Gasteiger partial charge in [0.25, 0.3) is 0 Å². The molecule has 0 aliphatic carbocycles. The van der Waals surface area contributed by atoms with Gasteiger partial charge < -0.3 is 9.67 Å². The van der Waals surface area contributed by atoms with E-state index in [-0.39, 0.29) is 12.0 Å². The van der Waals surface area contributed by atoms with Gasteiger partial charge in [-0.3, -0.25) is 0 Å². The maximum absolute atomic E-state index is 13.2. The van der Waals surface area contributed by atoms with E-state index in [1.807, 2.05) is 0 Å². The summed E-state index contributed by atoms with van der Waals surface area (Å²) in [6, 6.07) is 2.47. The van der Waals surface area contributed by atoms with Crippen molar-refractivity contribution >= 4 is 0 Å². The Kier molecular flexibility index (Phi) is 3.80. The number of hydrogen-bond donors (Lipinski definition) is 1. The molecule has 0 saturated carbocycles. The Labute approximate surface area is 112 Å². The molecule has 0 saturated heterocycles. The zero-order chi connectivity index (χ0) is 14.9. The van der Waals surface area contributed by atoms with Crippen LogP contribution in [-0.2, 0) is 19.6 Å². The molecule has 2 aromatic rings. The first kappa shape index (κ1) is 14.5. The molecular formula is C13H12F4N2O. The van der Waals surface area contributed by atoms with E-state index in [2.05, 4.69) is 4.98 Å². The Balaban J connectivity index is 2.27. The predicted molar refractivity (Wildman–Crippen MR) is 63.3 cm³/mol. The molecular weight excluding hydrogens is 276 g/mol. The third-order valence-electron chi connectivity index (χ3n) is 2.98. The summed E-state index contributed by atoms with van der Waals surface area (Å²) in [7, 11) is 1.71. The van der Waals surface area contributed by atoms with Crippen molar-refractivity contribution in [1.82, 2.24) is 9.55 Å². The van der Waals surface area contributed by atoms with Crippen LogP contribution in [0.3, 0.4) is 0 Å². The second-order valence-corrected chi connectivity index (χ2v) is 4.41. The number of halogens is 4. The van der Waals surface area contributed by atoms with Crippen LogP contribution in [0.5, 0.6) is 0 Å². The minimum atomic E-state index is -4.79. The first-order valence-corrected chi connectivity index (χ1v) is 5.80. The zero-order valence-electron chi connectivity index (χ0n) is 10.5. The molecule has 0 amide bonds. The first-order chi connectivity index (χ1) is 9.29. The van der Waals surface area contributed by atoms with Gasteiger partial charge in [0.05, 0.1) is 11.7 Å². The minimum Gasteiger partial charge on any atom is -0.388 e. The van der Waals surface area contributed by atoms with Crippen molar-refractivity contribution in [2.75, 3.05) is 0 Å². The molecule has 2 rings (SSSR count). The molecule has 108 valence electrons. The third-order valence-corrected chi connectivity index (χ3v) is 2.98. The van der Waals surface area contributed by atoms with Crippen molar-refractivity contribution in [3.05, 3.63) is 53.4 Å². The highest BCUT2D eigenvalue weighted by atomic mass is 19.4. The lowest BCUT2D eigenvalue weighted by atomic mass is 10.0. The van der Waals surface area contributed by atoms with Gasteiger partial charge in [-0.05, 0) is 17.7 Å². The molecule has 7 heteroatoms. The highest BCUT2D eigenvalue weighted by Crippen LogP contribution is 2.33. The number of nitrogens with zero attached hydrogens (tertiary/aromatic N) is 2. The molecule has 20 heavy (non-hydrogen) atoms. The Morgan fingerprint density at radius 2 is 2.05 bits per heavy atom. The predicted octanol–water partition coefficient (Wildman–Crippen LogP) is 2.85. The summed E-state index contributed by atoms with van der Waals surface area (Å²) in [5, 5.41) is 9.95. The molecule has 1 atom stereocenters. The van der Waals surface area contributed by atoms with Gasteiger partial charge in [0.15, 0.2) is 0 Å². The van der Waals surface area contributed by atoms with Crippen molar-refractivity contribution in [3.8, 4) is 0 Å². The normalized spacial score (nSPS) is 13.5. The molecule has 0 radical (unpaired) electrons. The van der Waals surface area contributed by atoms with Crippen molar-refractivity contribution in [2.24, 2.45) is 7.05 Å². The van der Waals surface area contributed by atoms with E-state index in [1.165, 1.54) is 6.20 Å². The lowest BCUT2D eigenvalue weighted by Gasteiger charge is -2.14. The third kappa shape index (κ3) is 2.98. The Morgan fingerprint density at radius 3 is 2.60 bits per heavy atom. The smallest absolute Gasteiger partial charge is 0.388 e. The number of imidazole rings is 1. The van der Waals surface area contributed by atoms with Crippen LogP contribution in [0.2, 0.25) is 0 Å². The summed E-state index contributed by atoms with van der Waals surface area (Å²) >= 11 is 0. The van der Waals surface area contributed by atoms with Gasteiger partial charge in [0.1, 0.15) is 11.6 Å². The van der Waals surface area contributed by atoms with E-state index in [9.17, 15) is 22.7 Å². The van der Waals surface area contributed by atoms with E-state index in [0.29, 0.717) is 18.0 Å². The maximum Gasteiger partial charge on any atom is 0.419 e. The van der Waals surface area contributed by atoms with Crippen molar-refractivity contribution < 1.29 is 22.7 Å². The summed E-state index contributed by atoms with van der Waals surface area (Å²) in [6.07, 6.45) is -2.74. The van der Waals surface area contributed by atoms with Gasteiger partial charge in [-0.1, -0.05) is 6.07 Å². The van der Waals surface area contributed by atoms with Crippen LogP contribution in [0.25, 0.3) is 0 Å². The van der Waals surface area contributed by atoms with Gasteiger partial charge in [-0.15, -0.1) is 0 Å². The second kappa shape index (κ2) is 5.24. The molecule has 0 spiro atoms. The monoisotopic (exact) mass is 288 g/mol. The fourth-order valence-electron chi connectivity index (χ4n) is 1.85. The average Bonchev–Trinajstić information content (AvgIpc) is 2.74.